The Balaban J connectivity index is 2.10. The van der Waals surface area contributed by atoms with Crippen molar-refractivity contribution in [3.63, 3.8) is 0 Å². The molecule has 0 radical (unpaired) electrons. The summed E-state index contributed by atoms with van der Waals surface area (Å²) in [6.07, 6.45) is 3.79. The molecule has 114 valence electrons. The summed E-state index contributed by atoms with van der Waals surface area (Å²) in [7, 11) is -3.77. The molecule has 1 unspecified atom stereocenters. The molecule has 8 heteroatoms. The Kier molecular flexibility index (Phi) is 4.49. The van der Waals surface area contributed by atoms with E-state index in [1.54, 1.807) is 18.2 Å². The number of nitrogens with two attached hydrogens (primary N) is 1. The highest BCUT2D eigenvalue weighted by atomic mass is 32.2. The van der Waals surface area contributed by atoms with E-state index in [0.29, 0.717) is 5.69 Å². The Bertz CT molecular complexity index is 711. The van der Waals surface area contributed by atoms with E-state index in [0.717, 1.165) is 17.8 Å². The van der Waals surface area contributed by atoms with E-state index in [1.165, 1.54) is 0 Å². The van der Waals surface area contributed by atoms with Crippen molar-refractivity contribution in [3.8, 4) is 0 Å². The molecule has 2 aromatic rings. The first-order valence-corrected chi connectivity index (χ1v) is 8.11. The van der Waals surface area contributed by atoms with Gasteiger partial charge in [0.15, 0.2) is 0 Å². The minimum Gasteiger partial charge on any atom is -0.378 e. The summed E-state index contributed by atoms with van der Waals surface area (Å²) in [6.45, 7) is 4.86. The number of benzene rings is 1. The molecule has 0 bridgehead atoms. The first kappa shape index (κ1) is 15.3. The standard InChI is InChI=1S/C13H19N5O2S/c1-3-18-9-11(8-15-18)10(2)16-12-5-4-6-13(7-12)17-21(14,19)20/h4-10,16-17H,3H2,1-2H3,(H2,14,19,20). The summed E-state index contributed by atoms with van der Waals surface area (Å²) in [5, 5.41) is 12.5. The Morgan fingerprint density at radius 2 is 2.10 bits per heavy atom. The van der Waals surface area contributed by atoms with Crippen LogP contribution in [0.1, 0.15) is 25.5 Å². The van der Waals surface area contributed by atoms with Gasteiger partial charge in [-0.2, -0.15) is 13.5 Å². The number of nitrogens with one attached hydrogen (secondary N) is 2. The summed E-state index contributed by atoms with van der Waals surface area (Å²) in [4.78, 5) is 0. The number of hydrogen-bond acceptors (Lipinski definition) is 4. The fraction of sp³-hybridized carbons (Fsp3) is 0.308. The lowest BCUT2D eigenvalue weighted by atomic mass is 10.2. The van der Waals surface area contributed by atoms with Crippen LogP contribution in [0.2, 0.25) is 0 Å². The number of nitrogens with zero attached hydrogens (tertiary/aromatic N) is 2. The van der Waals surface area contributed by atoms with Crippen LogP contribution in [-0.4, -0.2) is 18.2 Å². The van der Waals surface area contributed by atoms with Crippen LogP contribution >= 0.6 is 0 Å². The maximum atomic E-state index is 11.0. The molecule has 0 amide bonds. The monoisotopic (exact) mass is 309 g/mol. The number of aryl methyl sites for hydroxylation is 1. The van der Waals surface area contributed by atoms with Gasteiger partial charge in [0.1, 0.15) is 0 Å². The van der Waals surface area contributed by atoms with Crippen molar-refractivity contribution in [1.82, 2.24) is 9.78 Å². The average Bonchev–Trinajstić information content (AvgIpc) is 2.85. The minimum absolute atomic E-state index is 0.0510. The van der Waals surface area contributed by atoms with Crippen LogP contribution in [0.15, 0.2) is 36.7 Å². The Labute approximate surface area is 124 Å². The van der Waals surface area contributed by atoms with Crippen molar-refractivity contribution >= 4 is 21.6 Å². The van der Waals surface area contributed by atoms with Gasteiger partial charge in [0.05, 0.1) is 17.9 Å². The van der Waals surface area contributed by atoms with Gasteiger partial charge in [0.25, 0.3) is 10.2 Å². The van der Waals surface area contributed by atoms with Crippen molar-refractivity contribution in [2.45, 2.75) is 26.4 Å². The van der Waals surface area contributed by atoms with Crippen LogP contribution in [-0.2, 0) is 16.8 Å². The van der Waals surface area contributed by atoms with Crippen molar-refractivity contribution in [2.24, 2.45) is 5.14 Å². The van der Waals surface area contributed by atoms with Gasteiger partial charge in [-0.05, 0) is 32.0 Å². The Morgan fingerprint density at radius 1 is 1.38 bits per heavy atom. The molecule has 0 aliphatic rings. The van der Waals surface area contributed by atoms with E-state index < -0.39 is 10.2 Å². The molecule has 0 aliphatic carbocycles. The molecule has 0 saturated carbocycles. The Morgan fingerprint density at radius 3 is 2.71 bits per heavy atom. The highest BCUT2D eigenvalue weighted by Gasteiger charge is 2.09. The predicted octanol–water partition coefficient (Wildman–Crippen LogP) is 1.69. The quantitative estimate of drug-likeness (QED) is 0.755. The summed E-state index contributed by atoms with van der Waals surface area (Å²) < 4.78 is 26.1. The summed E-state index contributed by atoms with van der Waals surface area (Å²) in [5.41, 5.74) is 2.26. The van der Waals surface area contributed by atoms with Gasteiger partial charge in [-0.3, -0.25) is 9.40 Å². The van der Waals surface area contributed by atoms with Crippen molar-refractivity contribution in [2.75, 3.05) is 10.0 Å². The molecule has 2 rings (SSSR count). The maximum absolute atomic E-state index is 11.0. The second-order valence-electron chi connectivity index (χ2n) is 4.72. The van der Waals surface area contributed by atoms with Gasteiger partial charge in [-0.25, -0.2) is 5.14 Å². The first-order valence-electron chi connectivity index (χ1n) is 6.57. The number of rotatable bonds is 6. The van der Waals surface area contributed by atoms with E-state index in [1.807, 2.05) is 37.0 Å². The van der Waals surface area contributed by atoms with E-state index in [2.05, 4.69) is 15.1 Å². The molecule has 0 saturated heterocycles. The molecule has 0 aliphatic heterocycles. The van der Waals surface area contributed by atoms with Gasteiger partial charge in [-0.1, -0.05) is 6.07 Å². The number of anilines is 2. The summed E-state index contributed by atoms with van der Waals surface area (Å²) >= 11 is 0. The molecule has 1 atom stereocenters. The fourth-order valence-corrected chi connectivity index (χ4v) is 2.40. The first-order chi connectivity index (χ1) is 9.87. The van der Waals surface area contributed by atoms with Crippen molar-refractivity contribution < 1.29 is 8.42 Å². The lowest BCUT2D eigenvalue weighted by Gasteiger charge is -2.14. The lowest BCUT2D eigenvalue weighted by molar-refractivity contribution is 0.603. The molecular formula is C13H19N5O2S. The molecule has 0 spiro atoms. The zero-order valence-corrected chi connectivity index (χ0v) is 12.8. The average molecular weight is 309 g/mol. The van der Waals surface area contributed by atoms with Crippen LogP contribution < -0.4 is 15.2 Å². The van der Waals surface area contributed by atoms with Crippen LogP contribution in [0.25, 0.3) is 0 Å². The lowest BCUT2D eigenvalue weighted by Crippen LogP contribution is -2.21. The van der Waals surface area contributed by atoms with Crippen molar-refractivity contribution in [1.29, 1.82) is 0 Å². The smallest absolute Gasteiger partial charge is 0.296 e. The second-order valence-corrected chi connectivity index (χ2v) is 6.02. The van der Waals surface area contributed by atoms with Gasteiger partial charge >= 0.3 is 0 Å². The molecule has 21 heavy (non-hydrogen) atoms. The highest BCUT2D eigenvalue weighted by Crippen LogP contribution is 2.21. The van der Waals surface area contributed by atoms with E-state index in [-0.39, 0.29) is 6.04 Å². The highest BCUT2D eigenvalue weighted by molar-refractivity contribution is 7.90. The third-order valence-electron chi connectivity index (χ3n) is 2.98. The van der Waals surface area contributed by atoms with E-state index in [9.17, 15) is 8.42 Å². The fourth-order valence-electron chi connectivity index (χ4n) is 1.95. The van der Waals surface area contributed by atoms with Gasteiger partial charge in [-0.15, -0.1) is 0 Å². The van der Waals surface area contributed by atoms with Crippen LogP contribution in [0.3, 0.4) is 0 Å². The van der Waals surface area contributed by atoms with Gasteiger partial charge in [0.2, 0.25) is 0 Å². The van der Waals surface area contributed by atoms with Crippen LogP contribution in [0.4, 0.5) is 11.4 Å². The SMILES string of the molecule is CCn1cc(C(C)Nc2cccc(NS(N)(=O)=O)c2)cn1. The topological polar surface area (TPSA) is 102 Å². The molecule has 1 aromatic heterocycles. The van der Waals surface area contributed by atoms with Crippen molar-refractivity contribution in [3.05, 3.63) is 42.2 Å². The number of hydrogen-bond donors (Lipinski definition) is 3. The van der Waals surface area contributed by atoms with Crippen LogP contribution in [0.5, 0.6) is 0 Å². The van der Waals surface area contributed by atoms with Gasteiger partial charge < -0.3 is 5.32 Å². The molecule has 0 fully saturated rings. The Hall–Kier alpha value is -2.06. The zero-order chi connectivity index (χ0) is 15.5. The minimum atomic E-state index is -3.77. The number of aromatic nitrogens is 2. The second kappa shape index (κ2) is 6.15. The largest absolute Gasteiger partial charge is 0.378 e. The molecule has 1 aromatic carbocycles. The summed E-state index contributed by atoms with van der Waals surface area (Å²) in [5.74, 6) is 0. The third-order valence-corrected chi connectivity index (χ3v) is 3.50. The van der Waals surface area contributed by atoms with Gasteiger partial charge in [0, 0.05) is 24.0 Å². The maximum Gasteiger partial charge on any atom is 0.296 e. The van der Waals surface area contributed by atoms with E-state index >= 15 is 0 Å². The van der Waals surface area contributed by atoms with Crippen LogP contribution in [0, 0.1) is 0 Å². The summed E-state index contributed by atoms with van der Waals surface area (Å²) in [6, 6.07) is 6.98. The molecule has 4 N–H and O–H groups in total. The van der Waals surface area contributed by atoms with E-state index in [4.69, 9.17) is 5.14 Å². The normalized spacial score (nSPS) is 12.9. The molecular weight excluding hydrogens is 290 g/mol. The molecule has 7 nitrogen and oxygen atoms in total. The third kappa shape index (κ3) is 4.47. The zero-order valence-electron chi connectivity index (χ0n) is 11.9. The predicted molar refractivity (Wildman–Crippen MR) is 83.1 cm³/mol. The molecule has 1 heterocycles.